The Morgan fingerprint density at radius 2 is 1.67 bits per heavy atom. The molecule has 2 aliphatic carbocycles. The summed E-state index contributed by atoms with van der Waals surface area (Å²) in [6.07, 6.45) is -2.09. The number of nitrogens with one attached hydrogen (secondary N) is 3. The number of halogens is 3. The summed E-state index contributed by atoms with van der Waals surface area (Å²) in [5, 5.41) is 4.75. The number of nitrogens with zero attached hydrogens (tertiary/aromatic N) is 2. The van der Waals surface area contributed by atoms with Gasteiger partial charge in [0.2, 0.25) is 21.8 Å². The van der Waals surface area contributed by atoms with Crippen LogP contribution in [0.3, 0.4) is 0 Å². The van der Waals surface area contributed by atoms with Gasteiger partial charge >= 0.3 is 18.4 Å². The molecule has 3 aliphatic heterocycles. The average molecular weight is 798 g/mol. The number of ether oxygens (including phenoxy) is 2. The topological polar surface area (TPSA) is 181 Å². The van der Waals surface area contributed by atoms with E-state index in [1.54, 1.807) is 26.8 Å². The molecule has 0 radical (unpaired) electrons. The number of hydrogen-bond donors (Lipinski definition) is 3. The number of alkyl halides is 3. The minimum absolute atomic E-state index is 0.0332. The van der Waals surface area contributed by atoms with Gasteiger partial charge in [0, 0.05) is 19.5 Å². The van der Waals surface area contributed by atoms with Gasteiger partial charge in [-0.15, -0.1) is 0 Å². The highest BCUT2D eigenvalue weighted by atomic mass is 32.2. The van der Waals surface area contributed by atoms with Crippen LogP contribution in [-0.4, -0.2) is 95.8 Å². The summed E-state index contributed by atoms with van der Waals surface area (Å²) in [5.41, 5.74) is -2.82. The van der Waals surface area contributed by atoms with Crippen LogP contribution in [-0.2, 0) is 53.0 Å². The maximum absolute atomic E-state index is 14.3. The first kappa shape index (κ1) is 40.6. The van der Waals surface area contributed by atoms with Gasteiger partial charge in [0.05, 0.1) is 17.4 Å². The smallest absolute Gasteiger partial charge is 0.416 e. The van der Waals surface area contributed by atoms with E-state index in [2.05, 4.69) is 15.4 Å². The van der Waals surface area contributed by atoms with Crippen LogP contribution in [0.4, 0.5) is 22.8 Å². The molecule has 4 fully saturated rings. The fourth-order valence-electron chi connectivity index (χ4n) is 7.92. The van der Waals surface area contributed by atoms with E-state index in [9.17, 15) is 45.6 Å². The first-order chi connectivity index (χ1) is 25.8. The number of benzene rings is 1. The second-order valence-corrected chi connectivity index (χ2v) is 18.4. The van der Waals surface area contributed by atoms with Crippen molar-refractivity contribution in [1.29, 1.82) is 0 Å². The zero-order chi connectivity index (χ0) is 39.9. The lowest BCUT2D eigenvalue weighted by Gasteiger charge is -2.31. The molecule has 2 saturated carbocycles. The quantitative estimate of drug-likeness (QED) is 0.392. The number of carbonyl (C=O) groups is 5. The second-order valence-electron chi connectivity index (χ2n) is 16.4. The molecule has 5 amide bonds. The normalized spacial score (nSPS) is 28.0. The Labute approximate surface area is 318 Å². The summed E-state index contributed by atoms with van der Waals surface area (Å²) >= 11 is 0. The van der Waals surface area contributed by atoms with E-state index in [0.29, 0.717) is 31.2 Å². The molecule has 0 spiro atoms. The fourth-order valence-corrected chi connectivity index (χ4v) is 9.29. The Morgan fingerprint density at radius 1 is 0.982 bits per heavy atom. The van der Waals surface area contributed by atoms with Crippen LogP contribution in [0, 0.1) is 5.92 Å². The molecule has 5 atom stereocenters. The molecule has 18 heteroatoms. The van der Waals surface area contributed by atoms with Crippen LogP contribution < -0.4 is 15.4 Å². The van der Waals surface area contributed by atoms with Crippen molar-refractivity contribution < 1.29 is 55.0 Å². The third-order valence-electron chi connectivity index (χ3n) is 11.0. The molecule has 0 aromatic heterocycles. The molecule has 2 saturated heterocycles. The lowest BCUT2D eigenvalue weighted by atomic mass is 9.95. The number of amides is 5. The number of rotatable bonds is 5. The average Bonchev–Trinajstić information content (AvgIpc) is 4.02. The monoisotopic (exact) mass is 797 g/mol. The molecule has 1 aromatic rings. The third kappa shape index (κ3) is 9.48. The van der Waals surface area contributed by atoms with Gasteiger partial charge in [0.15, 0.2) is 0 Å². The van der Waals surface area contributed by atoms with Crippen molar-refractivity contribution in [3.8, 4) is 0 Å². The Hall–Kier alpha value is -4.09. The van der Waals surface area contributed by atoms with Crippen LogP contribution in [0.1, 0.15) is 108 Å². The highest BCUT2D eigenvalue weighted by Crippen LogP contribution is 2.48. The van der Waals surface area contributed by atoms with Crippen molar-refractivity contribution >= 4 is 39.9 Å². The lowest BCUT2D eigenvalue weighted by molar-refractivity contribution is -0.141. The summed E-state index contributed by atoms with van der Waals surface area (Å²) in [6.45, 7) is 4.45. The Kier molecular flexibility index (Phi) is 11.4. The van der Waals surface area contributed by atoms with Crippen molar-refractivity contribution in [1.82, 2.24) is 25.2 Å². The first-order valence-electron chi connectivity index (χ1n) is 19.1. The SMILES string of the molecule is CC(C)(C)OC(=O)N[C@H]1CCCCCCC[C@@H]2C[C@@]2(C(=O)NS(=O)(=O)C2CC2)NC(=O)[C@@H]2C[C@@H](OC(=O)N3CCc4cccc(C(F)(F)F)c4C3)CN2C1=O. The number of carbonyl (C=O) groups excluding carboxylic acids is 5. The zero-order valence-corrected chi connectivity index (χ0v) is 32.2. The lowest BCUT2D eigenvalue weighted by Crippen LogP contribution is -2.58. The molecule has 5 aliphatic rings. The molecule has 3 heterocycles. The first-order valence-corrected chi connectivity index (χ1v) is 20.6. The zero-order valence-electron chi connectivity index (χ0n) is 31.3. The van der Waals surface area contributed by atoms with E-state index in [1.807, 2.05) is 0 Å². The minimum atomic E-state index is -4.63. The molecular formula is C37H50F3N5O9S. The highest BCUT2D eigenvalue weighted by Gasteiger charge is 2.62. The van der Waals surface area contributed by atoms with Crippen molar-refractivity contribution in [2.75, 3.05) is 13.1 Å². The van der Waals surface area contributed by atoms with E-state index < -0.39 is 86.2 Å². The largest absolute Gasteiger partial charge is 0.444 e. The van der Waals surface area contributed by atoms with Gasteiger partial charge in [-0.1, -0.05) is 44.2 Å². The van der Waals surface area contributed by atoms with Gasteiger partial charge in [-0.05, 0) is 82.4 Å². The van der Waals surface area contributed by atoms with Crippen molar-refractivity contribution in [3.63, 3.8) is 0 Å². The van der Waals surface area contributed by atoms with Gasteiger partial charge in [-0.3, -0.25) is 19.1 Å². The van der Waals surface area contributed by atoms with Gasteiger partial charge in [-0.25, -0.2) is 18.0 Å². The van der Waals surface area contributed by atoms with Crippen LogP contribution >= 0.6 is 0 Å². The highest BCUT2D eigenvalue weighted by molar-refractivity contribution is 7.91. The minimum Gasteiger partial charge on any atom is -0.444 e. The number of hydrogen-bond acceptors (Lipinski definition) is 9. The summed E-state index contributed by atoms with van der Waals surface area (Å²) < 4.78 is 80.5. The maximum atomic E-state index is 14.3. The summed E-state index contributed by atoms with van der Waals surface area (Å²) in [7, 11) is -3.94. The van der Waals surface area contributed by atoms with Gasteiger partial charge in [-0.2, -0.15) is 13.2 Å². The molecule has 1 aromatic carbocycles. The van der Waals surface area contributed by atoms with Crippen molar-refractivity contribution in [3.05, 3.63) is 34.9 Å². The van der Waals surface area contributed by atoms with Crippen LogP contribution in [0.25, 0.3) is 0 Å². The van der Waals surface area contributed by atoms with Crippen LogP contribution in [0.5, 0.6) is 0 Å². The number of alkyl carbamates (subject to hydrolysis) is 1. The van der Waals surface area contributed by atoms with Gasteiger partial charge in [0.25, 0.3) is 5.91 Å². The standard InChI is InChI=1S/C37H50F3N5O9S/c1-35(2,3)54-33(49)41-28-13-8-6-4-5-7-11-23-19-36(23,32(48)43-55(51,52)25-14-15-25)42-30(46)29-18-24(20-45(29)31(28)47)53-34(50)44-17-16-22-10-9-12-27(26(22)21-44)37(38,39)40/h9-10,12,23-25,28-29H,4-8,11,13-21H2,1-3H3,(H,41,49)(H,42,46)(H,43,48)/t23-,24-,28+,29+,36-/m1/s1. The second kappa shape index (κ2) is 15.4. The van der Waals surface area contributed by atoms with E-state index in [-0.39, 0.29) is 56.8 Å². The predicted octanol–water partition coefficient (Wildman–Crippen LogP) is 4.29. The van der Waals surface area contributed by atoms with Crippen LogP contribution in [0.15, 0.2) is 18.2 Å². The maximum Gasteiger partial charge on any atom is 0.416 e. The Balaban J connectivity index is 1.25. The van der Waals surface area contributed by atoms with E-state index >= 15 is 0 Å². The van der Waals surface area contributed by atoms with Gasteiger partial charge in [0.1, 0.15) is 29.3 Å². The molecular weight excluding hydrogens is 747 g/mol. The van der Waals surface area contributed by atoms with Crippen molar-refractivity contribution in [2.45, 2.75) is 145 Å². The van der Waals surface area contributed by atoms with Crippen LogP contribution in [0.2, 0.25) is 0 Å². The predicted molar refractivity (Wildman–Crippen MR) is 190 cm³/mol. The fraction of sp³-hybridized carbons (Fsp3) is 0.703. The number of fused-ring (bicyclic) bond motifs is 3. The Morgan fingerprint density at radius 3 is 2.35 bits per heavy atom. The molecule has 304 valence electrons. The molecule has 3 N–H and O–H groups in total. The van der Waals surface area contributed by atoms with Crippen molar-refractivity contribution in [2.24, 2.45) is 5.92 Å². The van der Waals surface area contributed by atoms with Gasteiger partial charge < -0.3 is 29.9 Å². The molecule has 6 rings (SSSR count). The summed E-state index contributed by atoms with van der Waals surface area (Å²) in [5.74, 6) is -2.60. The van der Waals surface area contributed by atoms with E-state index in [1.165, 1.54) is 11.0 Å². The number of sulfonamides is 1. The summed E-state index contributed by atoms with van der Waals surface area (Å²) in [6, 6.07) is 1.44. The molecule has 55 heavy (non-hydrogen) atoms. The third-order valence-corrected chi connectivity index (χ3v) is 12.9. The van der Waals surface area contributed by atoms with E-state index in [0.717, 1.165) is 36.6 Å². The molecule has 0 unspecified atom stereocenters. The van der Waals surface area contributed by atoms with E-state index in [4.69, 9.17) is 9.47 Å². The molecule has 14 nitrogen and oxygen atoms in total. The Bertz CT molecular complexity index is 1800. The molecule has 0 bridgehead atoms. The summed E-state index contributed by atoms with van der Waals surface area (Å²) in [4.78, 5) is 71.0.